The van der Waals surface area contributed by atoms with Gasteiger partial charge in [0.25, 0.3) is 0 Å². The highest BCUT2D eigenvalue weighted by atomic mass is 19.1. The molecular formula is C11H17FN2. The number of nitrogens with two attached hydrogens (primary N) is 1. The van der Waals surface area contributed by atoms with Crippen LogP contribution in [0, 0.1) is 5.82 Å². The minimum atomic E-state index is -0.226. The summed E-state index contributed by atoms with van der Waals surface area (Å²) in [5, 5.41) is 3.00. The minimum Gasteiger partial charge on any atom is -0.381 e. The number of hydrogen-bond acceptors (Lipinski definition) is 2. The Morgan fingerprint density at radius 3 is 2.79 bits per heavy atom. The zero-order valence-corrected chi connectivity index (χ0v) is 8.46. The molecule has 1 aromatic carbocycles. The van der Waals surface area contributed by atoms with Crippen molar-refractivity contribution in [2.75, 3.05) is 11.9 Å². The molecule has 1 rings (SSSR count). The smallest absolute Gasteiger partial charge is 0.146 e. The summed E-state index contributed by atoms with van der Waals surface area (Å²) < 4.78 is 13.1. The van der Waals surface area contributed by atoms with Crippen LogP contribution in [-0.4, -0.2) is 12.6 Å². The topological polar surface area (TPSA) is 38.0 Å². The van der Waals surface area contributed by atoms with Crippen molar-refractivity contribution in [1.29, 1.82) is 0 Å². The molecule has 0 saturated carbocycles. The molecule has 0 saturated heterocycles. The van der Waals surface area contributed by atoms with Gasteiger partial charge < -0.3 is 11.1 Å². The Labute approximate surface area is 84.3 Å². The van der Waals surface area contributed by atoms with Crippen molar-refractivity contribution in [2.24, 2.45) is 5.73 Å². The third-order valence-electron chi connectivity index (χ3n) is 2.09. The molecule has 0 aromatic heterocycles. The number of benzene rings is 1. The molecule has 0 spiro atoms. The van der Waals surface area contributed by atoms with Crippen molar-refractivity contribution < 1.29 is 4.39 Å². The van der Waals surface area contributed by atoms with Crippen LogP contribution in [0.2, 0.25) is 0 Å². The molecule has 0 amide bonds. The Balaban J connectivity index is 2.41. The monoisotopic (exact) mass is 196 g/mol. The number of rotatable bonds is 5. The first-order valence-corrected chi connectivity index (χ1v) is 4.98. The molecule has 1 aromatic rings. The molecule has 3 heteroatoms. The number of para-hydroxylation sites is 1. The largest absolute Gasteiger partial charge is 0.381 e. The van der Waals surface area contributed by atoms with Crippen LogP contribution in [0.5, 0.6) is 0 Å². The SMILES string of the molecule is CCCC(N)CNc1ccccc1F. The van der Waals surface area contributed by atoms with Crippen LogP contribution in [-0.2, 0) is 0 Å². The fourth-order valence-corrected chi connectivity index (χ4v) is 1.32. The van der Waals surface area contributed by atoms with Gasteiger partial charge in [-0.2, -0.15) is 0 Å². The van der Waals surface area contributed by atoms with Crippen LogP contribution < -0.4 is 11.1 Å². The molecule has 0 aliphatic heterocycles. The van der Waals surface area contributed by atoms with Crippen LogP contribution in [0.3, 0.4) is 0 Å². The van der Waals surface area contributed by atoms with Crippen LogP contribution in [0.4, 0.5) is 10.1 Å². The Morgan fingerprint density at radius 2 is 2.14 bits per heavy atom. The van der Waals surface area contributed by atoms with Gasteiger partial charge in [-0.15, -0.1) is 0 Å². The van der Waals surface area contributed by atoms with E-state index in [-0.39, 0.29) is 11.9 Å². The lowest BCUT2D eigenvalue weighted by Gasteiger charge is -2.12. The third-order valence-corrected chi connectivity index (χ3v) is 2.09. The van der Waals surface area contributed by atoms with E-state index in [2.05, 4.69) is 12.2 Å². The zero-order chi connectivity index (χ0) is 10.4. The van der Waals surface area contributed by atoms with Crippen LogP contribution in [0.15, 0.2) is 24.3 Å². The molecule has 14 heavy (non-hydrogen) atoms. The number of nitrogens with one attached hydrogen (secondary N) is 1. The van der Waals surface area contributed by atoms with Gasteiger partial charge in [0.2, 0.25) is 0 Å². The molecular weight excluding hydrogens is 179 g/mol. The first kappa shape index (κ1) is 11.0. The molecule has 0 aliphatic rings. The van der Waals surface area contributed by atoms with E-state index in [1.165, 1.54) is 6.07 Å². The Hall–Kier alpha value is -1.09. The van der Waals surface area contributed by atoms with Crippen LogP contribution in [0.1, 0.15) is 19.8 Å². The second kappa shape index (κ2) is 5.60. The first-order chi connectivity index (χ1) is 6.74. The van der Waals surface area contributed by atoms with E-state index in [9.17, 15) is 4.39 Å². The van der Waals surface area contributed by atoms with Gasteiger partial charge in [-0.05, 0) is 18.6 Å². The molecule has 3 N–H and O–H groups in total. The normalized spacial score (nSPS) is 12.5. The summed E-state index contributed by atoms with van der Waals surface area (Å²) in [4.78, 5) is 0. The van der Waals surface area contributed by atoms with Crippen LogP contribution in [0.25, 0.3) is 0 Å². The molecule has 0 radical (unpaired) electrons. The van der Waals surface area contributed by atoms with Gasteiger partial charge in [0.15, 0.2) is 0 Å². The van der Waals surface area contributed by atoms with E-state index < -0.39 is 0 Å². The van der Waals surface area contributed by atoms with Crippen molar-refractivity contribution in [2.45, 2.75) is 25.8 Å². The summed E-state index contributed by atoms with van der Waals surface area (Å²) in [6.07, 6.45) is 2.02. The Kier molecular flexibility index (Phi) is 4.40. The molecule has 0 fully saturated rings. The molecule has 0 aliphatic carbocycles. The molecule has 0 bridgehead atoms. The summed E-state index contributed by atoms with van der Waals surface area (Å²) in [5.74, 6) is -0.226. The Bertz CT molecular complexity index is 276. The summed E-state index contributed by atoms with van der Waals surface area (Å²) in [7, 11) is 0. The van der Waals surface area contributed by atoms with Gasteiger partial charge in [-0.1, -0.05) is 25.5 Å². The molecule has 1 atom stereocenters. The van der Waals surface area contributed by atoms with E-state index in [1.54, 1.807) is 18.2 Å². The van der Waals surface area contributed by atoms with Gasteiger partial charge in [0, 0.05) is 12.6 Å². The van der Waals surface area contributed by atoms with Gasteiger partial charge in [-0.3, -0.25) is 0 Å². The zero-order valence-electron chi connectivity index (χ0n) is 8.46. The lowest BCUT2D eigenvalue weighted by Crippen LogP contribution is -2.28. The molecule has 0 heterocycles. The third kappa shape index (κ3) is 3.34. The van der Waals surface area contributed by atoms with E-state index in [4.69, 9.17) is 5.73 Å². The number of anilines is 1. The van der Waals surface area contributed by atoms with Crippen molar-refractivity contribution in [3.05, 3.63) is 30.1 Å². The highest BCUT2D eigenvalue weighted by Crippen LogP contribution is 2.12. The van der Waals surface area contributed by atoms with Gasteiger partial charge in [-0.25, -0.2) is 4.39 Å². The van der Waals surface area contributed by atoms with E-state index >= 15 is 0 Å². The second-order valence-electron chi connectivity index (χ2n) is 3.41. The minimum absolute atomic E-state index is 0.0969. The predicted octanol–water partition coefficient (Wildman–Crippen LogP) is 2.37. The molecule has 78 valence electrons. The van der Waals surface area contributed by atoms with Gasteiger partial charge >= 0.3 is 0 Å². The highest BCUT2D eigenvalue weighted by molar-refractivity contribution is 5.44. The lowest BCUT2D eigenvalue weighted by molar-refractivity contribution is 0.611. The van der Waals surface area contributed by atoms with Crippen LogP contribution >= 0.6 is 0 Å². The fraction of sp³-hybridized carbons (Fsp3) is 0.455. The molecule has 2 nitrogen and oxygen atoms in total. The number of halogens is 1. The summed E-state index contributed by atoms with van der Waals surface area (Å²) >= 11 is 0. The van der Waals surface area contributed by atoms with Crippen molar-refractivity contribution in [3.63, 3.8) is 0 Å². The van der Waals surface area contributed by atoms with Gasteiger partial charge in [0.05, 0.1) is 5.69 Å². The summed E-state index contributed by atoms with van der Waals surface area (Å²) in [5.41, 5.74) is 6.32. The van der Waals surface area contributed by atoms with Crippen molar-refractivity contribution in [3.8, 4) is 0 Å². The maximum Gasteiger partial charge on any atom is 0.146 e. The van der Waals surface area contributed by atoms with Crippen molar-refractivity contribution >= 4 is 5.69 Å². The first-order valence-electron chi connectivity index (χ1n) is 4.98. The maximum absolute atomic E-state index is 13.1. The average Bonchev–Trinajstić information content (AvgIpc) is 2.17. The quantitative estimate of drug-likeness (QED) is 0.758. The van der Waals surface area contributed by atoms with Crippen molar-refractivity contribution in [1.82, 2.24) is 0 Å². The van der Waals surface area contributed by atoms with E-state index in [1.807, 2.05) is 0 Å². The number of hydrogen-bond donors (Lipinski definition) is 2. The van der Waals surface area contributed by atoms with E-state index in [0.717, 1.165) is 12.8 Å². The predicted molar refractivity (Wildman–Crippen MR) is 57.8 cm³/mol. The van der Waals surface area contributed by atoms with E-state index in [0.29, 0.717) is 12.2 Å². The average molecular weight is 196 g/mol. The highest BCUT2D eigenvalue weighted by Gasteiger charge is 2.03. The summed E-state index contributed by atoms with van der Waals surface area (Å²) in [6.45, 7) is 2.71. The second-order valence-corrected chi connectivity index (χ2v) is 3.41. The van der Waals surface area contributed by atoms with Gasteiger partial charge in [0.1, 0.15) is 5.82 Å². The summed E-state index contributed by atoms with van der Waals surface area (Å²) in [6, 6.07) is 6.73. The molecule has 1 unspecified atom stereocenters. The maximum atomic E-state index is 13.1. The Morgan fingerprint density at radius 1 is 1.43 bits per heavy atom. The lowest BCUT2D eigenvalue weighted by atomic mass is 10.2. The fourth-order valence-electron chi connectivity index (χ4n) is 1.32. The standard InChI is InChI=1S/C11H17FN2/c1-2-5-9(13)8-14-11-7-4-3-6-10(11)12/h3-4,6-7,9,14H,2,5,8,13H2,1H3.